The standard InChI is InChI=1S/C16H19NO3/c1-2-11-10-17(8-7-13(11)18)16(19)15-9-12-5-3-4-6-14(12)20-15/h3-6,11,15H,2,7-10H2,1H3. The van der Waals surface area contributed by atoms with Gasteiger partial charge in [-0.15, -0.1) is 0 Å². The second-order valence-corrected chi connectivity index (χ2v) is 5.52. The summed E-state index contributed by atoms with van der Waals surface area (Å²) in [5.74, 6) is 1.11. The Morgan fingerprint density at radius 3 is 2.95 bits per heavy atom. The van der Waals surface area contributed by atoms with Gasteiger partial charge >= 0.3 is 0 Å². The number of hydrogen-bond acceptors (Lipinski definition) is 3. The number of para-hydroxylation sites is 1. The molecular formula is C16H19NO3. The highest BCUT2D eigenvalue weighted by Gasteiger charge is 2.35. The van der Waals surface area contributed by atoms with Gasteiger partial charge in [0.25, 0.3) is 5.91 Å². The molecule has 2 atom stereocenters. The molecule has 0 radical (unpaired) electrons. The van der Waals surface area contributed by atoms with E-state index < -0.39 is 6.10 Å². The molecule has 3 rings (SSSR count). The summed E-state index contributed by atoms with van der Waals surface area (Å²) in [6, 6.07) is 7.77. The van der Waals surface area contributed by atoms with Crippen LogP contribution in [0.2, 0.25) is 0 Å². The monoisotopic (exact) mass is 273 g/mol. The molecule has 1 saturated heterocycles. The van der Waals surface area contributed by atoms with Crippen molar-refractivity contribution >= 4 is 11.7 Å². The maximum Gasteiger partial charge on any atom is 0.264 e. The highest BCUT2D eigenvalue weighted by Crippen LogP contribution is 2.29. The zero-order chi connectivity index (χ0) is 14.1. The summed E-state index contributed by atoms with van der Waals surface area (Å²) in [5.41, 5.74) is 1.09. The Hall–Kier alpha value is -1.84. The van der Waals surface area contributed by atoms with Crippen LogP contribution in [0, 0.1) is 5.92 Å². The summed E-state index contributed by atoms with van der Waals surface area (Å²) >= 11 is 0. The fourth-order valence-electron chi connectivity index (χ4n) is 2.99. The number of piperidine rings is 1. The van der Waals surface area contributed by atoms with E-state index in [1.807, 2.05) is 31.2 Å². The number of rotatable bonds is 2. The van der Waals surface area contributed by atoms with E-state index in [4.69, 9.17) is 4.74 Å². The molecule has 4 nitrogen and oxygen atoms in total. The van der Waals surface area contributed by atoms with Gasteiger partial charge in [-0.1, -0.05) is 25.1 Å². The quantitative estimate of drug-likeness (QED) is 0.825. The zero-order valence-corrected chi connectivity index (χ0v) is 11.7. The van der Waals surface area contributed by atoms with E-state index in [0.717, 1.165) is 17.7 Å². The van der Waals surface area contributed by atoms with Crippen molar-refractivity contribution in [3.05, 3.63) is 29.8 Å². The van der Waals surface area contributed by atoms with Crippen LogP contribution in [0.1, 0.15) is 25.3 Å². The van der Waals surface area contributed by atoms with Gasteiger partial charge in [0.2, 0.25) is 0 Å². The number of carbonyl (C=O) groups is 2. The molecule has 2 unspecified atom stereocenters. The summed E-state index contributed by atoms with van der Waals surface area (Å²) < 4.78 is 5.74. The Labute approximate surface area is 118 Å². The highest BCUT2D eigenvalue weighted by molar-refractivity contribution is 5.87. The number of fused-ring (bicyclic) bond motifs is 1. The summed E-state index contributed by atoms with van der Waals surface area (Å²) in [7, 11) is 0. The lowest BCUT2D eigenvalue weighted by molar-refractivity contribution is -0.142. The largest absolute Gasteiger partial charge is 0.480 e. The smallest absolute Gasteiger partial charge is 0.264 e. The van der Waals surface area contributed by atoms with Crippen LogP contribution in [0.25, 0.3) is 0 Å². The number of benzene rings is 1. The molecule has 1 amide bonds. The lowest BCUT2D eigenvalue weighted by Crippen LogP contribution is -2.48. The number of Topliss-reactive ketones (excluding diaryl/α,β-unsaturated/α-hetero) is 1. The average Bonchev–Trinajstić information content (AvgIpc) is 2.91. The minimum absolute atomic E-state index is 0.00326. The molecule has 2 aliphatic heterocycles. The Kier molecular flexibility index (Phi) is 3.47. The van der Waals surface area contributed by atoms with E-state index in [-0.39, 0.29) is 17.6 Å². The Morgan fingerprint density at radius 1 is 1.40 bits per heavy atom. The molecule has 20 heavy (non-hydrogen) atoms. The summed E-state index contributed by atoms with van der Waals surface area (Å²) in [4.78, 5) is 26.0. The molecule has 2 aliphatic rings. The molecular weight excluding hydrogens is 254 g/mol. The van der Waals surface area contributed by atoms with E-state index in [1.165, 1.54) is 0 Å². The fraction of sp³-hybridized carbons (Fsp3) is 0.500. The maximum absolute atomic E-state index is 12.5. The summed E-state index contributed by atoms with van der Waals surface area (Å²) in [6.07, 6.45) is 1.49. The van der Waals surface area contributed by atoms with Gasteiger partial charge in [0.15, 0.2) is 6.10 Å². The highest BCUT2D eigenvalue weighted by atomic mass is 16.5. The van der Waals surface area contributed by atoms with Gasteiger partial charge in [0, 0.05) is 31.8 Å². The number of hydrogen-bond donors (Lipinski definition) is 0. The molecule has 1 aromatic rings. The van der Waals surface area contributed by atoms with Crippen molar-refractivity contribution in [2.75, 3.05) is 13.1 Å². The zero-order valence-electron chi connectivity index (χ0n) is 11.7. The molecule has 0 aromatic heterocycles. The number of amides is 1. The van der Waals surface area contributed by atoms with Gasteiger partial charge in [-0.05, 0) is 18.1 Å². The Morgan fingerprint density at radius 2 is 2.20 bits per heavy atom. The number of likely N-dealkylation sites (tertiary alicyclic amines) is 1. The van der Waals surface area contributed by atoms with Crippen molar-refractivity contribution in [1.29, 1.82) is 0 Å². The summed E-state index contributed by atoms with van der Waals surface area (Å²) in [6.45, 7) is 3.08. The van der Waals surface area contributed by atoms with Crippen molar-refractivity contribution in [1.82, 2.24) is 4.90 Å². The number of ether oxygens (including phenoxy) is 1. The van der Waals surface area contributed by atoms with Crippen molar-refractivity contribution in [3.8, 4) is 5.75 Å². The van der Waals surface area contributed by atoms with Gasteiger partial charge in [0.1, 0.15) is 11.5 Å². The first-order valence-corrected chi connectivity index (χ1v) is 7.25. The molecule has 0 bridgehead atoms. The van der Waals surface area contributed by atoms with Crippen molar-refractivity contribution in [2.24, 2.45) is 5.92 Å². The van der Waals surface area contributed by atoms with Crippen molar-refractivity contribution < 1.29 is 14.3 Å². The molecule has 2 heterocycles. The minimum atomic E-state index is -0.418. The Balaban J connectivity index is 1.67. The molecule has 1 fully saturated rings. The second-order valence-electron chi connectivity index (χ2n) is 5.52. The first-order valence-electron chi connectivity index (χ1n) is 7.25. The normalized spacial score (nSPS) is 25.2. The van der Waals surface area contributed by atoms with Crippen LogP contribution in [-0.2, 0) is 16.0 Å². The third kappa shape index (κ3) is 2.30. The van der Waals surface area contributed by atoms with Gasteiger partial charge in [-0.25, -0.2) is 0 Å². The second kappa shape index (κ2) is 5.27. The molecule has 0 saturated carbocycles. The molecule has 0 N–H and O–H groups in total. The minimum Gasteiger partial charge on any atom is -0.480 e. The average molecular weight is 273 g/mol. The van der Waals surface area contributed by atoms with Crippen LogP contribution < -0.4 is 4.74 Å². The van der Waals surface area contributed by atoms with E-state index >= 15 is 0 Å². The SMILES string of the molecule is CCC1CN(C(=O)C2Cc3ccccc3O2)CCC1=O. The Bertz CT molecular complexity index is 515. The first kappa shape index (κ1) is 13.2. The van der Waals surface area contributed by atoms with Crippen molar-refractivity contribution in [2.45, 2.75) is 32.3 Å². The molecule has 1 aromatic carbocycles. The number of ketones is 1. The predicted molar refractivity (Wildman–Crippen MR) is 74.5 cm³/mol. The van der Waals surface area contributed by atoms with Gasteiger partial charge < -0.3 is 9.64 Å². The van der Waals surface area contributed by atoms with E-state index in [9.17, 15) is 9.59 Å². The van der Waals surface area contributed by atoms with Gasteiger partial charge in [-0.2, -0.15) is 0 Å². The molecule has 0 spiro atoms. The number of nitrogens with zero attached hydrogens (tertiary/aromatic N) is 1. The van der Waals surface area contributed by atoms with Crippen LogP contribution in [-0.4, -0.2) is 35.8 Å². The predicted octanol–water partition coefficient (Wildman–Crippen LogP) is 1.82. The van der Waals surface area contributed by atoms with Crippen LogP contribution >= 0.6 is 0 Å². The fourth-order valence-corrected chi connectivity index (χ4v) is 2.99. The first-order chi connectivity index (χ1) is 9.69. The lowest BCUT2D eigenvalue weighted by atomic mass is 9.93. The summed E-state index contributed by atoms with van der Waals surface area (Å²) in [5, 5.41) is 0. The van der Waals surface area contributed by atoms with Crippen molar-refractivity contribution in [3.63, 3.8) is 0 Å². The molecule has 0 aliphatic carbocycles. The van der Waals surface area contributed by atoms with E-state index in [2.05, 4.69) is 0 Å². The van der Waals surface area contributed by atoms with E-state index in [0.29, 0.717) is 25.9 Å². The third-order valence-corrected chi connectivity index (χ3v) is 4.25. The van der Waals surface area contributed by atoms with Gasteiger partial charge in [-0.3, -0.25) is 9.59 Å². The van der Waals surface area contributed by atoms with Gasteiger partial charge in [0.05, 0.1) is 0 Å². The molecule has 106 valence electrons. The van der Waals surface area contributed by atoms with Crippen LogP contribution in [0.4, 0.5) is 0 Å². The number of carbonyl (C=O) groups excluding carboxylic acids is 2. The lowest BCUT2D eigenvalue weighted by Gasteiger charge is -2.32. The topological polar surface area (TPSA) is 46.6 Å². The molecule has 4 heteroatoms. The van der Waals surface area contributed by atoms with Crippen LogP contribution in [0.3, 0.4) is 0 Å². The van der Waals surface area contributed by atoms with Crippen LogP contribution in [0.15, 0.2) is 24.3 Å². The maximum atomic E-state index is 12.5. The third-order valence-electron chi connectivity index (χ3n) is 4.25. The van der Waals surface area contributed by atoms with Crippen LogP contribution in [0.5, 0.6) is 5.75 Å². The van der Waals surface area contributed by atoms with E-state index in [1.54, 1.807) is 4.90 Å².